The van der Waals surface area contributed by atoms with Crippen molar-refractivity contribution in [1.82, 2.24) is 5.32 Å². The Labute approximate surface area is 103 Å². The summed E-state index contributed by atoms with van der Waals surface area (Å²) in [6.07, 6.45) is 0.903. The molecule has 1 atom stereocenters. The monoisotopic (exact) mass is 232 g/mol. The number of nitrogens with one attached hydrogen (secondary N) is 1. The maximum atomic E-state index is 12.3. The number of likely N-dealkylation sites (N-methyl/N-ethyl adjacent to an activating group) is 1. The third-order valence-electron chi connectivity index (χ3n) is 3.37. The van der Waals surface area contributed by atoms with Crippen molar-refractivity contribution in [1.29, 1.82) is 0 Å². The number of carbonyl (C=O) groups is 1. The SMILES string of the molecule is CCNC1CCN(c2c(C)cccc2C)C1=O. The van der Waals surface area contributed by atoms with E-state index < -0.39 is 0 Å². The van der Waals surface area contributed by atoms with Crippen molar-refractivity contribution >= 4 is 11.6 Å². The maximum absolute atomic E-state index is 12.3. The van der Waals surface area contributed by atoms with E-state index >= 15 is 0 Å². The molecule has 0 radical (unpaired) electrons. The molecule has 0 spiro atoms. The quantitative estimate of drug-likeness (QED) is 0.864. The number of carbonyl (C=O) groups excluding carboxylic acids is 1. The highest BCUT2D eigenvalue weighted by Crippen LogP contribution is 2.28. The smallest absolute Gasteiger partial charge is 0.244 e. The summed E-state index contributed by atoms with van der Waals surface area (Å²) in [4.78, 5) is 14.2. The lowest BCUT2D eigenvalue weighted by molar-refractivity contribution is -0.118. The number of hydrogen-bond donors (Lipinski definition) is 1. The summed E-state index contributed by atoms with van der Waals surface area (Å²) >= 11 is 0. The van der Waals surface area contributed by atoms with E-state index in [-0.39, 0.29) is 11.9 Å². The van der Waals surface area contributed by atoms with E-state index in [1.54, 1.807) is 0 Å². The van der Waals surface area contributed by atoms with E-state index in [4.69, 9.17) is 0 Å². The molecule has 1 amide bonds. The first-order chi connectivity index (χ1) is 8.15. The Hall–Kier alpha value is -1.35. The average molecular weight is 232 g/mol. The Balaban J connectivity index is 2.27. The molecule has 3 nitrogen and oxygen atoms in total. The topological polar surface area (TPSA) is 32.3 Å². The van der Waals surface area contributed by atoms with Crippen molar-refractivity contribution in [3.05, 3.63) is 29.3 Å². The van der Waals surface area contributed by atoms with Crippen LogP contribution < -0.4 is 10.2 Å². The molecule has 3 heteroatoms. The first-order valence-corrected chi connectivity index (χ1v) is 6.26. The fraction of sp³-hybridized carbons (Fsp3) is 0.500. The van der Waals surface area contributed by atoms with Crippen LogP contribution >= 0.6 is 0 Å². The largest absolute Gasteiger partial charge is 0.310 e. The zero-order chi connectivity index (χ0) is 12.4. The molecule has 1 unspecified atom stereocenters. The summed E-state index contributed by atoms with van der Waals surface area (Å²) < 4.78 is 0. The number of nitrogens with zero attached hydrogens (tertiary/aromatic N) is 1. The zero-order valence-corrected chi connectivity index (χ0v) is 10.8. The molecule has 17 heavy (non-hydrogen) atoms. The predicted molar refractivity (Wildman–Crippen MR) is 70.4 cm³/mol. The van der Waals surface area contributed by atoms with Gasteiger partial charge in [-0.1, -0.05) is 25.1 Å². The van der Waals surface area contributed by atoms with E-state index in [9.17, 15) is 4.79 Å². The molecule has 0 aliphatic carbocycles. The van der Waals surface area contributed by atoms with Gasteiger partial charge in [-0.3, -0.25) is 4.79 Å². The van der Waals surface area contributed by atoms with Crippen LogP contribution in [0.2, 0.25) is 0 Å². The number of benzene rings is 1. The van der Waals surface area contributed by atoms with Crippen molar-refractivity contribution < 1.29 is 4.79 Å². The van der Waals surface area contributed by atoms with Crippen molar-refractivity contribution in [3.63, 3.8) is 0 Å². The molecule has 0 saturated carbocycles. The molecule has 1 aromatic carbocycles. The Morgan fingerprint density at radius 2 is 2.00 bits per heavy atom. The van der Waals surface area contributed by atoms with Crippen LogP contribution in [-0.4, -0.2) is 25.0 Å². The van der Waals surface area contributed by atoms with Crippen LogP contribution in [0.4, 0.5) is 5.69 Å². The van der Waals surface area contributed by atoms with Gasteiger partial charge in [0, 0.05) is 12.2 Å². The number of anilines is 1. The molecule has 0 bridgehead atoms. The zero-order valence-electron chi connectivity index (χ0n) is 10.8. The minimum Gasteiger partial charge on any atom is -0.310 e. The Bertz CT molecular complexity index is 408. The van der Waals surface area contributed by atoms with Gasteiger partial charge >= 0.3 is 0 Å². The molecule has 1 aromatic rings. The Kier molecular flexibility index (Phi) is 3.48. The van der Waals surface area contributed by atoms with Crippen LogP contribution in [0.15, 0.2) is 18.2 Å². The molecule has 92 valence electrons. The number of rotatable bonds is 3. The van der Waals surface area contributed by atoms with Gasteiger partial charge < -0.3 is 10.2 Å². The number of para-hydroxylation sites is 1. The highest BCUT2D eigenvalue weighted by Gasteiger charge is 2.32. The van der Waals surface area contributed by atoms with Gasteiger partial charge in [-0.25, -0.2) is 0 Å². The summed E-state index contributed by atoms with van der Waals surface area (Å²) in [6.45, 7) is 7.83. The van der Waals surface area contributed by atoms with Gasteiger partial charge in [-0.15, -0.1) is 0 Å². The summed E-state index contributed by atoms with van der Waals surface area (Å²) in [5.74, 6) is 0.212. The molecular formula is C14H20N2O. The summed E-state index contributed by atoms with van der Waals surface area (Å²) in [6, 6.07) is 6.17. The van der Waals surface area contributed by atoms with Gasteiger partial charge in [0.2, 0.25) is 5.91 Å². The van der Waals surface area contributed by atoms with Crippen molar-refractivity contribution in [2.45, 2.75) is 33.2 Å². The van der Waals surface area contributed by atoms with E-state index in [1.807, 2.05) is 17.9 Å². The average Bonchev–Trinajstić information content (AvgIpc) is 2.62. The number of hydrogen-bond acceptors (Lipinski definition) is 2. The maximum Gasteiger partial charge on any atom is 0.244 e. The first kappa shape index (κ1) is 12.1. The Morgan fingerprint density at radius 3 is 2.59 bits per heavy atom. The molecule has 1 saturated heterocycles. The van der Waals surface area contributed by atoms with Gasteiger partial charge in [0.15, 0.2) is 0 Å². The lowest BCUT2D eigenvalue weighted by Gasteiger charge is -2.21. The van der Waals surface area contributed by atoms with Crippen LogP contribution in [0, 0.1) is 13.8 Å². The molecule has 0 aromatic heterocycles. The van der Waals surface area contributed by atoms with Gasteiger partial charge in [0.05, 0.1) is 6.04 Å². The minimum absolute atomic E-state index is 0.000920. The summed E-state index contributed by atoms with van der Waals surface area (Å²) in [5, 5.41) is 3.24. The molecule has 1 N–H and O–H groups in total. The van der Waals surface area contributed by atoms with Crippen LogP contribution in [-0.2, 0) is 4.79 Å². The third-order valence-corrected chi connectivity index (χ3v) is 3.37. The van der Waals surface area contributed by atoms with Crippen LogP contribution in [0.1, 0.15) is 24.5 Å². The highest BCUT2D eigenvalue weighted by atomic mass is 16.2. The minimum atomic E-state index is -0.000920. The predicted octanol–water partition coefficient (Wildman–Crippen LogP) is 2.02. The fourth-order valence-electron chi connectivity index (χ4n) is 2.57. The van der Waals surface area contributed by atoms with E-state index in [0.29, 0.717) is 0 Å². The number of amides is 1. The van der Waals surface area contributed by atoms with Gasteiger partial charge in [0.1, 0.15) is 0 Å². The van der Waals surface area contributed by atoms with Crippen molar-refractivity contribution in [3.8, 4) is 0 Å². The molecule has 1 heterocycles. The first-order valence-electron chi connectivity index (χ1n) is 6.26. The van der Waals surface area contributed by atoms with Gasteiger partial charge in [-0.05, 0) is 37.9 Å². The van der Waals surface area contributed by atoms with Gasteiger partial charge in [0.25, 0.3) is 0 Å². The third kappa shape index (κ3) is 2.20. The summed E-state index contributed by atoms with van der Waals surface area (Å²) in [5.41, 5.74) is 3.45. The second-order valence-electron chi connectivity index (χ2n) is 4.63. The Morgan fingerprint density at radius 1 is 1.35 bits per heavy atom. The number of aryl methyl sites for hydroxylation is 2. The van der Waals surface area contributed by atoms with Crippen molar-refractivity contribution in [2.24, 2.45) is 0 Å². The normalized spacial score (nSPS) is 20.1. The lowest BCUT2D eigenvalue weighted by atomic mass is 10.1. The standard InChI is InChI=1S/C14H20N2O/c1-4-15-12-8-9-16(14(12)17)13-10(2)6-5-7-11(13)3/h5-7,12,15H,4,8-9H2,1-3H3. The van der Waals surface area contributed by atoms with E-state index in [1.165, 1.54) is 11.1 Å². The van der Waals surface area contributed by atoms with Crippen LogP contribution in [0.3, 0.4) is 0 Å². The highest BCUT2D eigenvalue weighted by molar-refractivity contribution is 6.00. The molecule has 1 aliphatic heterocycles. The summed E-state index contributed by atoms with van der Waals surface area (Å²) in [7, 11) is 0. The van der Waals surface area contributed by atoms with Crippen LogP contribution in [0.5, 0.6) is 0 Å². The van der Waals surface area contributed by atoms with Crippen molar-refractivity contribution in [2.75, 3.05) is 18.0 Å². The second kappa shape index (κ2) is 4.88. The lowest BCUT2D eigenvalue weighted by Crippen LogP contribution is -2.38. The molecular weight excluding hydrogens is 212 g/mol. The van der Waals surface area contributed by atoms with Crippen LogP contribution in [0.25, 0.3) is 0 Å². The van der Waals surface area contributed by atoms with Gasteiger partial charge in [-0.2, -0.15) is 0 Å². The second-order valence-corrected chi connectivity index (χ2v) is 4.63. The fourth-order valence-corrected chi connectivity index (χ4v) is 2.57. The van der Waals surface area contributed by atoms with E-state index in [2.05, 4.69) is 31.3 Å². The van der Waals surface area contributed by atoms with E-state index in [0.717, 1.165) is 25.2 Å². The molecule has 1 aliphatic rings. The molecule has 1 fully saturated rings. The molecule has 2 rings (SSSR count).